The smallest absolute Gasteiger partial charge is 0.267 e. The zero-order valence-corrected chi connectivity index (χ0v) is 17.6. The molecule has 1 N–H and O–H groups in total. The molecule has 4 rings (SSSR count). The van der Waals surface area contributed by atoms with E-state index in [0.717, 1.165) is 5.56 Å². The highest BCUT2D eigenvalue weighted by atomic mass is 35.5. The number of benzene rings is 2. The van der Waals surface area contributed by atoms with E-state index < -0.39 is 10.8 Å². The van der Waals surface area contributed by atoms with Gasteiger partial charge in [0.25, 0.3) is 11.6 Å². The van der Waals surface area contributed by atoms with Crippen LogP contribution in [0.5, 0.6) is 0 Å². The van der Waals surface area contributed by atoms with Crippen molar-refractivity contribution in [2.75, 3.05) is 0 Å². The molecule has 0 atom stereocenters. The van der Waals surface area contributed by atoms with Crippen LogP contribution in [0.25, 0.3) is 22.2 Å². The van der Waals surface area contributed by atoms with Gasteiger partial charge in [0.15, 0.2) is 0 Å². The number of nitrogens with zero attached hydrogens (tertiary/aromatic N) is 4. The van der Waals surface area contributed by atoms with Crippen LogP contribution in [0.4, 0.5) is 5.69 Å². The average molecular weight is 446 g/mol. The predicted molar refractivity (Wildman–Crippen MR) is 123 cm³/mol. The van der Waals surface area contributed by atoms with Gasteiger partial charge in [0.2, 0.25) is 0 Å². The molecule has 0 aliphatic rings. The van der Waals surface area contributed by atoms with E-state index in [4.69, 9.17) is 11.6 Å². The number of para-hydroxylation sites is 1. The summed E-state index contributed by atoms with van der Waals surface area (Å²) in [6, 6.07) is 17.0. The molecule has 1 amide bonds. The molecule has 32 heavy (non-hydrogen) atoms. The van der Waals surface area contributed by atoms with Crippen molar-refractivity contribution in [2.45, 2.75) is 6.92 Å². The monoisotopic (exact) mass is 445 g/mol. The summed E-state index contributed by atoms with van der Waals surface area (Å²) in [5.74, 6) is -0.429. The lowest BCUT2D eigenvalue weighted by molar-refractivity contribution is -0.384. The summed E-state index contributed by atoms with van der Waals surface area (Å²) in [4.78, 5) is 32.2. The third-order valence-electron chi connectivity index (χ3n) is 4.82. The summed E-state index contributed by atoms with van der Waals surface area (Å²) in [6.07, 6.45) is 3.32. The molecule has 2 aromatic heterocycles. The van der Waals surface area contributed by atoms with Gasteiger partial charge in [-0.1, -0.05) is 35.9 Å². The summed E-state index contributed by atoms with van der Waals surface area (Å²) in [5.41, 5.74) is 5.70. The summed E-state index contributed by atoms with van der Waals surface area (Å²) in [7, 11) is 0. The van der Waals surface area contributed by atoms with Gasteiger partial charge in [-0.3, -0.25) is 19.9 Å². The first-order valence-corrected chi connectivity index (χ1v) is 9.91. The molecule has 0 saturated heterocycles. The molecule has 0 unspecified atom stereocenters. The van der Waals surface area contributed by atoms with Crippen LogP contribution in [0, 0.1) is 10.1 Å². The van der Waals surface area contributed by atoms with Crippen molar-refractivity contribution in [2.24, 2.45) is 5.10 Å². The van der Waals surface area contributed by atoms with Crippen molar-refractivity contribution >= 4 is 39.8 Å². The van der Waals surface area contributed by atoms with Gasteiger partial charge >= 0.3 is 0 Å². The minimum absolute atomic E-state index is 0.0301. The predicted octanol–water partition coefficient (Wildman–Crippen LogP) is 5.01. The Morgan fingerprint density at radius 3 is 2.59 bits per heavy atom. The van der Waals surface area contributed by atoms with Crippen LogP contribution >= 0.6 is 11.6 Å². The first-order chi connectivity index (χ1) is 15.4. The molecule has 2 aromatic carbocycles. The highest BCUT2D eigenvalue weighted by Crippen LogP contribution is 2.26. The number of nitro benzene ring substituents is 1. The maximum atomic E-state index is 13.0. The number of aromatic nitrogens is 2. The molecule has 0 aliphatic carbocycles. The Morgan fingerprint density at radius 2 is 1.84 bits per heavy atom. The standard InChI is InChI=1S/C23H16ClN5O3/c1-14(16-6-7-19(24)22(12-16)29(31)32)27-28-23(30)18-13-21(15-8-10-25-11-9-15)26-20-5-3-2-4-17(18)20/h2-13H,1H3,(H,28,30). The molecule has 0 fully saturated rings. The van der Waals surface area contributed by atoms with E-state index in [1.807, 2.05) is 36.4 Å². The summed E-state index contributed by atoms with van der Waals surface area (Å²) in [5, 5.41) is 16.0. The second-order valence-corrected chi connectivity index (χ2v) is 7.28. The molecule has 2 heterocycles. The number of pyridine rings is 2. The number of halogens is 1. The maximum absolute atomic E-state index is 13.0. The normalized spacial score (nSPS) is 11.4. The van der Waals surface area contributed by atoms with E-state index >= 15 is 0 Å². The Hall–Kier alpha value is -4.17. The SMILES string of the molecule is CC(=NNC(=O)c1cc(-c2ccncc2)nc2ccccc12)c1ccc(Cl)c([N+](=O)[O-])c1. The fourth-order valence-corrected chi connectivity index (χ4v) is 3.36. The minimum Gasteiger partial charge on any atom is -0.267 e. The van der Waals surface area contributed by atoms with Crippen molar-refractivity contribution < 1.29 is 9.72 Å². The first-order valence-electron chi connectivity index (χ1n) is 9.53. The van der Waals surface area contributed by atoms with Gasteiger partial charge in [-0.05, 0) is 37.3 Å². The number of carbonyl (C=O) groups excluding carboxylic acids is 1. The molecule has 4 aromatic rings. The molecule has 9 heteroatoms. The number of hydrogen-bond acceptors (Lipinski definition) is 6. The zero-order chi connectivity index (χ0) is 22.7. The average Bonchev–Trinajstić information content (AvgIpc) is 2.82. The number of hydrazone groups is 1. The number of carbonyl (C=O) groups is 1. The third-order valence-corrected chi connectivity index (χ3v) is 5.14. The molecule has 0 bridgehead atoms. The zero-order valence-electron chi connectivity index (χ0n) is 16.8. The number of nitrogens with one attached hydrogen (secondary N) is 1. The fraction of sp³-hybridized carbons (Fsp3) is 0.0435. The van der Waals surface area contributed by atoms with Crippen molar-refractivity contribution in [3.05, 3.63) is 99.3 Å². The number of rotatable bonds is 5. The largest absolute Gasteiger partial charge is 0.288 e. The van der Waals surface area contributed by atoms with Crippen LogP contribution in [-0.4, -0.2) is 26.5 Å². The van der Waals surface area contributed by atoms with Crippen molar-refractivity contribution in [1.82, 2.24) is 15.4 Å². The van der Waals surface area contributed by atoms with Gasteiger partial charge < -0.3 is 0 Å². The molecule has 0 spiro atoms. The van der Waals surface area contributed by atoms with Crippen molar-refractivity contribution in [3.8, 4) is 11.3 Å². The van der Waals surface area contributed by atoms with Crippen LogP contribution in [0.3, 0.4) is 0 Å². The van der Waals surface area contributed by atoms with Crippen LogP contribution in [-0.2, 0) is 0 Å². The molecular formula is C23H16ClN5O3. The van der Waals surface area contributed by atoms with E-state index in [1.165, 1.54) is 12.1 Å². The Balaban J connectivity index is 1.68. The molecule has 8 nitrogen and oxygen atoms in total. The molecule has 0 radical (unpaired) electrons. The van der Waals surface area contributed by atoms with Crippen LogP contribution in [0.15, 0.2) is 78.2 Å². The van der Waals surface area contributed by atoms with Gasteiger partial charge in [-0.25, -0.2) is 10.4 Å². The lowest BCUT2D eigenvalue weighted by Gasteiger charge is -2.09. The quantitative estimate of drug-likeness (QED) is 0.263. The topological polar surface area (TPSA) is 110 Å². The number of amides is 1. The van der Waals surface area contributed by atoms with Gasteiger partial charge in [-0.15, -0.1) is 0 Å². The highest BCUT2D eigenvalue weighted by Gasteiger charge is 2.16. The Labute approximate surface area is 187 Å². The van der Waals surface area contributed by atoms with Crippen molar-refractivity contribution in [1.29, 1.82) is 0 Å². The molecule has 0 aliphatic heterocycles. The van der Waals surface area contributed by atoms with E-state index in [1.54, 1.807) is 31.5 Å². The van der Waals surface area contributed by atoms with E-state index in [-0.39, 0.29) is 10.7 Å². The lowest BCUT2D eigenvalue weighted by atomic mass is 10.0. The maximum Gasteiger partial charge on any atom is 0.288 e. The Bertz CT molecular complexity index is 1370. The van der Waals surface area contributed by atoms with Crippen LogP contribution < -0.4 is 5.43 Å². The second kappa shape index (κ2) is 8.91. The second-order valence-electron chi connectivity index (χ2n) is 6.87. The highest BCUT2D eigenvalue weighted by molar-refractivity contribution is 6.32. The Morgan fingerprint density at radius 1 is 1.09 bits per heavy atom. The fourth-order valence-electron chi connectivity index (χ4n) is 3.17. The van der Waals surface area contributed by atoms with Crippen LogP contribution in [0.1, 0.15) is 22.8 Å². The minimum atomic E-state index is -0.568. The Kier molecular flexibility index (Phi) is 5.87. The third kappa shape index (κ3) is 4.30. The van der Waals surface area contributed by atoms with Gasteiger partial charge in [0, 0.05) is 35.0 Å². The number of hydrogen-bond donors (Lipinski definition) is 1. The van der Waals surface area contributed by atoms with Gasteiger partial charge in [0.05, 0.1) is 27.4 Å². The molecule has 158 valence electrons. The van der Waals surface area contributed by atoms with Gasteiger partial charge in [-0.2, -0.15) is 5.10 Å². The summed E-state index contributed by atoms with van der Waals surface area (Å²) in [6.45, 7) is 1.64. The molecule has 0 saturated carbocycles. The number of nitro groups is 1. The van der Waals surface area contributed by atoms with Crippen molar-refractivity contribution in [3.63, 3.8) is 0 Å². The lowest BCUT2D eigenvalue weighted by Crippen LogP contribution is -2.20. The summed E-state index contributed by atoms with van der Waals surface area (Å²) < 4.78 is 0. The number of fused-ring (bicyclic) bond motifs is 1. The molecular weight excluding hydrogens is 430 g/mol. The summed E-state index contributed by atoms with van der Waals surface area (Å²) >= 11 is 5.86. The van der Waals surface area contributed by atoms with E-state index in [9.17, 15) is 14.9 Å². The first kappa shape index (κ1) is 21.1. The van der Waals surface area contributed by atoms with Gasteiger partial charge in [0.1, 0.15) is 5.02 Å². The van der Waals surface area contributed by atoms with E-state index in [0.29, 0.717) is 33.4 Å². The van der Waals surface area contributed by atoms with Crippen LogP contribution in [0.2, 0.25) is 5.02 Å². The van der Waals surface area contributed by atoms with E-state index in [2.05, 4.69) is 20.5 Å².